The average Bonchev–Trinajstić information content (AvgIpc) is 3.26. The normalized spacial score (nSPS) is 15.6. The van der Waals surface area contributed by atoms with Crippen LogP contribution >= 0.6 is 0 Å². The van der Waals surface area contributed by atoms with Gasteiger partial charge in [-0.15, -0.1) is 0 Å². The molecule has 136 valence electrons. The fourth-order valence-electron chi connectivity index (χ4n) is 2.61. The molecule has 9 heteroatoms. The van der Waals surface area contributed by atoms with E-state index in [1.165, 1.54) is 12.3 Å². The molecule has 25 heavy (non-hydrogen) atoms. The first-order valence-electron chi connectivity index (χ1n) is 8.14. The molecule has 0 aliphatic carbocycles. The van der Waals surface area contributed by atoms with E-state index in [2.05, 4.69) is 14.9 Å². The number of nitrogens with zero attached hydrogens (tertiary/aromatic N) is 2. The zero-order valence-electron chi connectivity index (χ0n) is 14.5. The summed E-state index contributed by atoms with van der Waals surface area (Å²) >= 11 is 0. The number of likely N-dealkylation sites (tertiary alicyclic amines) is 1. The van der Waals surface area contributed by atoms with Gasteiger partial charge in [0.25, 0.3) is 15.9 Å². The van der Waals surface area contributed by atoms with Crippen LogP contribution in [0.5, 0.6) is 0 Å². The number of anilines is 1. The van der Waals surface area contributed by atoms with Crippen molar-refractivity contribution < 1.29 is 17.7 Å². The molecule has 1 fully saturated rings. The van der Waals surface area contributed by atoms with E-state index < -0.39 is 10.0 Å². The number of rotatable bonds is 4. The van der Waals surface area contributed by atoms with Gasteiger partial charge in [-0.25, -0.2) is 13.1 Å². The predicted molar refractivity (Wildman–Crippen MR) is 91.9 cm³/mol. The van der Waals surface area contributed by atoms with E-state index in [1.807, 2.05) is 20.8 Å². The van der Waals surface area contributed by atoms with E-state index in [4.69, 9.17) is 4.52 Å². The molecule has 0 unspecified atom stereocenters. The lowest BCUT2D eigenvalue weighted by Crippen LogP contribution is -2.27. The van der Waals surface area contributed by atoms with Gasteiger partial charge in [-0.2, -0.15) is 0 Å². The molecule has 0 atom stereocenters. The van der Waals surface area contributed by atoms with Crippen LogP contribution in [-0.4, -0.2) is 42.5 Å². The van der Waals surface area contributed by atoms with Crippen LogP contribution in [0.15, 0.2) is 27.7 Å². The van der Waals surface area contributed by atoms with E-state index in [0.29, 0.717) is 18.8 Å². The summed E-state index contributed by atoms with van der Waals surface area (Å²) < 4.78 is 32.4. The van der Waals surface area contributed by atoms with Crippen molar-refractivity contribution in [3.63, 3.8) is 0 Å². The van der Waals surface area contributed by atoms with E-state index in [1.54, 1.807) is 11.0 Å². The maximum absolute atomic E-state index is 12.5. The number of aromatic nitrogens is 2. The largest absolute Gasteiger partial charge is 0.356 e. The van der Waals surface area contributed by atoms with Crippen molar-refractivity contribution in [3.05, 3.63) is 29.7 Å². The van der Waals surface area contributed by atoms with Crippen LogP contribution < -0.4 is 4.72 Å². The van der Waals surface area contributed by atoms with Gasteiger partial charge < -0.3 is 14.4 Å². The highest BCUT2D eigenvalue weighted by molar-refractivity contribution is 7.92. The fourth-order valence-corrected chi connectivity index (χ4v) is 3.58. The Morgan fingerprint density at radius 3 is 2.56 bits per heavy atom. The Morgan fingerprint density at radius 2 is 1.96 bits per heavy atom. The summed E-state index contributed by atoms with van der Waals surface area (Å²) in [5, 5.41) is 3.88. The van der Waals surface area contributed by atoms with Gasteiger partial charge in [0.2, 0.25) is 5.88 Å². The molecule has 1 aliphatic rings. The molecule has 1 aliphatic heterocycles. The van der Waals surface area contributed by atoms with Crippen LogP contribution in [0.4, 0.5) is 5.88 Å². The molecule has 0 aromatic carbocycles. The summed E-state index contributed by atoms with van der Waals surface area (Å²) in [5.74, 6) is -0.146. The summed E-state index contributed by atoms with van der Waals surface area (Å²) in [7, 11) is -3.87. The minimum atomic E-state index is -3.87. The van der Waals surface area contributed by atoms with Crippen LogP contribution in [-0.2, 0) is 15.4 Å². The number of hydrogen-bond donors (Lipinski definition) is 2. The molecule has 3 rings (SSSR count). The zero-order valence-corrected chi connectivity index (χ0v) is 15.3. The van der Waals surface area contributed by atoms with Crippen molar-refractivity contribution in [1.29, 1.82) is 0 Å². The second-order valence-corrected chi connectivity index (χ2v) is 8.86. The number of amides is 1. The molecule has 1 amide bonds. The smallest absolute Gasteiger partial charge is 0.270 e. The summed E-state index contributed by atoms with van der Waals surface area (Å²) in [6, 6.07) is 2.89. The number of H-pyrrole nitrogens is 1. The number of sulfonamides is 1. The van der Waals surface area contributed by atoms with Gasteiger partial charge in [0.15, 0.2) is 0 Å². The Kier molecular flexibility index (Phi) is 4.36. The van der Waals surface area contributed by atoms with E-state index in [0.717, 1.165) is 12.8 Å². The molecule has 2 N–H and O–H groups in total. The average molecular weight is 366 g/mol. The van der Waals surface area contributed by atoms with Crippen molar-refractivity contribution in [2.75, 3.05) is 17.8 Å². The number of hydrogen-bond acceptors (Lipinski definition) is 5. The van der Waals surface area contributed by atoms with Crippen molar-refractivity contribution in [3.8, 4) is 0 Å². The zero-order chi connectivity index (χ0) is 18.2. The second kappa shape index (κ2) is 6.21. The number of aromatic amines is 1. The van der Waals surface area contributed by atoms with Gasteiger partial charge in [0, 0.05) is 30.8 Å². The van der Waals surface area contributed by atoms with Crippen LogP contribution in [0, 0.1) is 0 Å². The standard InChI is InChI=1S/C16H22N4O4S/c1-16(2,3)13-9-14(24-18-13)19-25(22,23)11-8-12(17-10-11)15(21)20-6-4-5-7-20/h8-10,17,19H,4-7H2,1-3H3. The quantitative estimate of drug-likeness (QED) is 0.863. The number of nitrogens with one attached hydrogen (secondary N) is 2. The number of carbonyl (C=O) groups excluding carboxylic acids is 1. The minimum absolute atomic E-state index is 0.0243. The maximum Gasteiger partial charge on any atom is 0.270 e. The molecule has 3 heterocycles. The molecule has 0 spiro atoms. The third-order valence-electron chi connectivity index (χ3n) is 4.10. The van der Waals surface area contributed by atoms with Crippen LogP contribution in [0.3, 0.4) is 0 Å². The minimum Gasteiger partial charge on any atom is -0.356 e. The first-order valence-corrected chi connectivity index (χ1v) is 9.63. The van der Waals surface area contributed by atoms with Crippen LogP contribution in [0.1, 0.15) is 49.8 Å². The van der Waals surface area contributed by atoms with Crippen LogP contribution in [0.25, 0.3) is 0 Å². The Morgan fingerprint density at radius 1 is 1.28 bits per heavy atom. The Hall–Kier alpha value is -2.29. The highest BCUT2D eigenvalue weighted by Gasteiger charge is 2.25. The molecule has 8 nitrogen and oxygen atoms in total. The second-order valence-electron chi connectivity index (χ2n) is 7.18. The number of carbonyl (C=O) groups is 1. The Balaban J connectivity index is 1.76. The first kappa shape index (κ1) is 17.5. The molecular weight excluding hydrogens is 344 g/mol. The van der Waals surface area contributed by atoms with Crippen molar-refractivity contribution in [2.45, 2.75) is 43.9 Å². The molecule has 0 bridgehead atoms. The molecule has 1 saturated heterocycles. The molecule has 2 aromatic heterocycles. The predicted octanol–water partition coefficient (Wildman–Crippen LogP) is 2.34. The van der Waals surface area contributed by atoms with Gasteiger partial charge in [-0.05, 0) is 18.9 Å². The summed E-state index contributed by atoms with van der Waals surface area (Å²) in [4.78, 5) is 16.7. The topological polar surface area (TPSA) is 108 Å². The summed E-state index contributed by atoms with van der Waals surface area (Å²) in [5.41, 5.74) is 0.649. The highest BCUT2D eigenvalue weighted by Crippen LogP contribution is 2.25. The molecule has 0 radical (unpaired) electrons. The SMILES string of the molecule is CC(C)(C)c1cc(NS(=O)(=O)c2c[nH]c(C(=O)N3CCCC3)c2)on1. The highest BCUT2D eigenvalue weighted by atomic mass is 32.2. The Bertz CT molecular complexity index is 870. The van der Waals surface area contributed by atoms with E-state index in [-0.39, 0.29) is 27.8 Å². The fraction of sp³-hybridized carbons (Fsp3) is 0.500. The van der Waals surface area contributed by atoms with Crippen molar-refractivity contribution >= 4 is 21.8 Å². The lowest BCUT2D eigenvalue weighted by atomic mass is 9.92. The lowest BCUT2D eigenvalue weighted by Gasteiger charge is -2.13. The molecule has 2 aromatic rings. The van der Waals surface area contributed by atoms with Gasteiger partial charge >= 0.3 is 0 Å². The van der Waals surface area contributed by atoms with Crippen molar-refractivity contribution in [2.24, 2.45) is 0 Å². The summed E-state index contributed by atoms with van der Waals surface area (Å²) in [6.45, 7) is 7.25. The Labute approximate surface area is 146 Å². The van der Waals surface area contributed by atoms with Crippen LogP contribution in [0.2, 0.25) is 0 Å². The first-order chi connectivity index (χ1) is 11.7. The maximum atomic E-state index is 12.5. The summed E-state index contributed by atoms with van der Waals surface area (Å²) in [6.07, 6.45) is 3.24. The van der Waals surface area contributed by atoms with Gasteiger partial charge in [0.05, 0.1) is 5.69 Å². The van der Waals surface area contributed by atoms with Gasteiger partial charge in [0.1, 0.15) is 10.6 Å². The monoisotopic (exact) mass is 366 g/mol. The molecular formula is C16H22N4O4S. The third-order valence-corrected chi connectivity index (χ3v) is 5.43. The molecule has 0 saturated carbocycles. The van der Waals surface area contributed by atoms with Gasteiger partial charge in [-0.3, -0.25) is 4.79 Å². The van der Waals surface area contributed by atoms with Crippen molar-refractivity contribution in [1.82, 2.24) is 15.0 Å². The third kappa shape index (κ3) is 3.71. The van der Waals surface area contributed by atoms with E-state index in [9.17, 15) is 13.2 Å². The van der Waals surface area contributed by atoms with Gasteiger partial charge in [-0.1, -0.05) is 25.9 Å². The van der Waals surface area contributed by atoms with E-state index >= 15 is 0 Å². The lowest BCUT2D eigenvalue weighted by molar-refractivity contribution is 0.0787.